The molecular weight excluding hydrogens is 332 g/mol. The quantitative estimate of drug-likeness (QED) is 0.731. The van der Waals surface area contributed by atoms with Gasteiger partial charge in [-0.2, -0.15) is 0 Å². The molecule has 2 N–H and O–H groups in total. The topological polar surface area (TPSA) is 106 Å². The Bertz CT molecular complexity index is 932. The largest absolute Gasteiger partial charge is 0.458 e. The van der Waals surface area contributed by atoms with Crippen LogP contribution in [-0.4, -0.2) is 25.2 Å². The number of aryl methyl sites for hydroxylation is 2. The highest BCUT2D eigenvalue weighted by Crippen LogP contribution is 2.28. The fraction of sp³-hybridized carbons (Fsp3) is 0.312. The number of fused-ring (bicyclic) bond motifs is 1. The lowest BCUT2D eigenvalue weighted by Gasteiger charge is -2.21. The van der Waals surface area contributed by atoms with E-state index in [1.54, 1.807) is 19.1 Å². The summed E-state index contributed by atoms with van der Waals surface area (Å²) in [5, 5.41) is 15.1. The summed E-state index contributed by atoms with van der Waals surface area (Å²) in [5.41, 5.74) is -0.616. The highest BCUT2D eigenvalue weighted by Gasteiger charge is 2.32. The van der Waals surface area contributed by atoms with Crippen molar-refractivity contribution in [2.24, 2.45) is 0 Å². The lowest BCUT2D eigenvalue weighted by atomic mass is 10.0. The number of benzene rings is 1. The van der Waals surface area contributed by atoms with E-state index in [4.69, 9.17) is 8.94 Å². The normalized spacial score (nSPS) is 14.8. The number of nitrogens with one attached hydrogen (secondary N) is 1. The fourth-order valence-corrected chi connectivity index (χ4v) is 3.96. The summed E-state index contributed by atoms with van der Waals surface area (Å²) in [6, 6.07) is 9.01. The van der Waals surface area contributed by atoms with Crippen LogP contribution in [0.5, 0.6) is 0 Å². The van der Waals surface area contributed by atoms with Crippen LogP contribution in [0.2, 0.25) is 0 Å². The van der Waals surface area contributed by atoms with Crippen LogP contribution >= 0.6 is 0 Å². The average Bonchev–Trinajstić information content (AvgIpc) is 3.09. The monoisotopic (exact) mass is 350 g/mol. The number of hydrogen-bond acceptors (Lipinski definition) is 6. The van der Waals surface area contributed by atoms with Gasteiger partial charge < -0.3 is 14.0 Å². The maximum atomic E-state index is 12.4. The SMILES string of the molecule is Cc1noc(C)c1S(=O)(=O)NC[C@](C)(O)c1cc2ccccc2o1. The highest BCUT2D eigenvalue weighted by molar-refractivity contribution is 7.89. The Hall–Kier alpha value is -2.16. The maximum absolute atomic E-state index is 12.4. The van der Waals surface area contributed by atoms with Gasteiger partial charge in [-0.25, -0.2) is 13.1 Å². The molecule has 2 heterocycles. The third-order valence-corrected chi connectivity index (χ3v) is 5.44. The fourth-order valence-electron chi connectivity index (χ4n) is 2.50. The van der Waals surface area contributed by atoms with Crippen molar-refractivity contribution in [1.82, 2.24) is 9.88 Å². The highest BCUT2D eigenvalue weighted by atomic mass is 32.2. The number of nitrogens with zero attached hydrogens (tertiary/aromatic N) is 1. The zero-order chi connectivity index (χ0) is 17.5. The predicted molar refractivity (Wildman–Crippen MR) is 87.0 cm³/mol. The van der Waals surface area contributed by atoms with Crippen LogP contribution in [0.4, 0.5) is 0 Å². The molecule has 0 aliphatic carbocycles. The number of aromatic nitrogens is 1. The van der Waals surface area contributed by atoms with Gasteiger partial charge in [0.2, 0.25) is 10.0 Å². The van der Waals surface area contributed by atoms with E-state index in [1.807, 2.05) is 18.2 Å². The van der Waals surface area contributed by atoms with Gasteiger partial charge in [0.05, 0.1) is 0 Å². The van der Waals surface area contributed by atoms with E-state index in [9.17, 15) is 13.5 Å². The van der Waals surface area contributed by atoms with Gasteiger partial charge in [0, 0.05) is 11.9 Å². The van der Waals surface area contributed by atoms with Crippen molar-refractivity contribution in [2.45, 2.75) is 31.3 Å². The van der Waals surface area contributed by atoms with E-state index in [2.05, 4.69) is 9.88 Å². The minimum Gasteiger partial charge on any atom is -0.458 e. The minimum absolute atomic E-state index is 0.0112. The Kier molecular flexibility index (Phi) is 3.98. The molecule has 0 bridgehead atoms. The number of para-hydroxylation sites is 1. The van der Waals surface area contributed by atoms with E-state index in [-0.39, 0.29) is 28.7 Å². The average molecular weight is 350 g/mol. The van der Waals surface area contributed by atoms with Gasteiger partial charge in [0.25, 0.3) is 0 Å². The molecule has 7 nitrogen and oxygen atoms in total. The summed E-state index contributed by atoms with van der Waals surface area (Å²) in [6.07, 6.45) is 0. The van der Waals surface area contributed by atoms with Crippen LogP contribution in [0.15, 0.2) is 44.2 Å². The molecule has 3 aromatic rings. The van der Waals surface area contributed by atoms with Gasteiger partial charge in [-0.15, -0.1) is 0 Å². The number of hydrogen-bond donors (Lipinski definition) is 2. The predicted octanol–water partition coefficient (Wildman–Crippen LogP) is 2.22. The van der Waals surface area contributed by atoms with Crippen LogP contribution in [-0.2, 0) is 15.6 Å². The first kappa shape index (κ1) is 16.7. The first-order valence-corrected chi connectivity index (χ1v) is 8.83. The molecule has 128 valence electrons. The molecule has 0 amide bonds. The molecule has 1 aromatic carbocycles. The van der Waals surface area contributed by atoms with Crippen LogP contribution in [0, 0.1) is 13.8 Å². The summed E-state index contributed by atoms with van der Waals surface area (Å²) in [7, 11) is -3.86. The lowest BCUT2D eigenvalue weighted by molar-refractivity contribution is 0.0411. The first-order valence-electron chi connectivity index (χ1n) is 7.35. The molecular formula is C16H18N2O5S. The standard InChI is InChI=1S/C16H18N2O5S/c1-10-15(11(2)23-18-10)24(20,21)17-9-16(3,19)14-8-12-6-4-5-7-13(12)22-14/h4-8,17,19H,9H2,1-3H3/t16-/m0/s1. The Labute approximate surface area is 139 Å². The zero-order valence-electron chi connectivity index (χ0n) is 13.5. The molecule has 0 aliphatic rings. The van der Waals surface area contributed by atoms with Crippen molar-refractivity contribution in [3.8, 4) is 0 Å². The van der Waals surface area contributed by atoms with Crippen molar-refractivity contribution in [3.63, 3.8) is 0 Å². The zero-order valence-corrected chi connectivity index (χ0v) is 14.3. The molecule has 0 saturated carbocycles. The molecule has 0 unspecified atom stereocenters. The Morgan fingerprint density at radius 2 is 2.00 bits per heavy atom. The van der Waals surface area contributed by atoms with Gasteiger partial charge in [0.1, 0.15) is 27.5 Å². The second kappa shape index (κ2) is 5.73. The van der Waals surface area contributed by atoms with Crippen molar-refractivity contribution in [2.75, 3.05) is 6.54 Å². The molecule has 0 saturated heterocycles. The molecule has 24 heavy (non-hydrogen) atoms. The molecule has 0 radical (unpaired) electrons. The van der Waals surface area contributed by atoms with Crippen LogP contribution < -0.4 is 4.72 Å². The molecule has 0 aliphatic heterocycles. The second-order valence-electron chi connectivity index (χ2n) is 5.90. The van der Waals surface area contributed by atoms with Crippen LogP contribution in [0.25, 0.3) is 11.0 Å². The van der Waals surface area contributed by atoms with Crippen LogP contribution in [0.3, 0.4) is 0 Å². The summed E-state index contributed by atoms with van der Waals surface area (Å²) in [6.45, 7) is 4.30. The van der Waals surface area contributed by atoms with Crippen molar-refractivity contribution < 1.29 is 22.5 Å². The van der Waals surface area contributed by atoms with Crippen molar-refractivity contribution in [1.29, 1.82) is 0 Å². The number of rotatable bonds is 5. The first-order chi connectivity index (χ1) is 11.2. The third kappa shape index (κ3) is 2.95. The molecule has 2 aromatic heterocycles. The molecule has 1 atom stereocenters. The lowest BCUT2D eigenvalue weighted by Crippen LogP contribution is -2.38. The minimum atomic E-state index is -3.86. The Morgan fingerprint density at radius 1 is 1.29 bits per heavy atom. The van der Waals surface area contributed by atoms with Crippen molar-refractivity contribution >= 4 is 21.0 Å². The van der Waals surface area contributed by atoms with Gasteiger partial charge in [-0.05, 0) is 32.9 Å². The van der Waals surface area contributed by atoms with Gasteiger partial charge >= 0.3 is 0 Å². The van der Waals surface area contributed by atoms with E-state index >= 15 is 0 Å². The summed E-state index contributed by atoms with van der Waals surface area (Å²) in [5.74, 6) is 0.480. The summed E-state index contributed by atoms with van der Waals surface area (Å²) >= 11 is 0. The second-order valence-corrected chi connectivity index (χ2v) is 7.60. The molecule has 0 fully saturated rings. The Balaban J connectivity index is 1.84. The van der Waals surface area contributed by atoms with Crippen LogP contribution in [0.1, 0.15) is 24.1 Å². The van der Waals surface area contributed by atoms with E-state index in [0.29, 0.717) is 5.58 Å². The van der Waals surface area contributed by atoms with Gasteiger partial charge in [0.15, 0.2) is 5.76 Å². The summed E-state index contributed by atoms with van der Waals surface area (Å²) in [4.78, 5) is -0.0112. The molecule has 8 heteroatoms. The molecule has 3 rings (SSSR count). The Morgan fingerprint density at radius 3 is 2.62 bits per heavy atom. The number of furan rings is 1. The van der Waals surface area contributed by atoms with E-state index in [0.717, 1.165) is 5.39 Å². The summed E-state index contributed by atoms with van der Waals surface area (Å²) < 4.78 is 37.8. The van der Waals surface area contributed by atoms with Gasteiger partial charge in [-0.1, -0.05) is 23.4 Å². The number of aliphatic hydroxyl groups is 1. The smallest absolute Gasteiger partial charge is 0.246 e. The third-order valence-electron chi connectivity index (χ3n) is 3.80. The van der Waals surface area contributed by atoms with E-state index in [1.165, 1.54) is 13.8 Å². The number of sulfonamides is 1. The molecule has 0 spiro atoms. The van der Waals surface area contributed by atoms with E-state index < -0.39 is 15.6 Å². The van der Waals surface area contributed by atoms with Gasteiger partial charge in [-0.3, -0.25) is 0 Å². The maximum Gasteiger partial charge on any atom is 0.246 e. The van der Waals surface area contributed by atoms with Crippen molar-refractivity contribution in [3.05, 3.63) is 47.5 Å².